The fourth-order valence-electron chi connectivity index (χ4n) is 5.34. The third-order valence-electron chi connectivity index (χ3n) is 7.83. The van der Waals surface area contributed by atoms with E-state index in [-0.39, 0.29) is 75.0 Å². The molecule has 0 spiro atoms. The molecular weight excluding hydrogens is 737 g/mol. The number of rotatable bonds is 20. The highest BCUT2D eigenvalue weighted by molar-refractivity contribution is 7.46. The lowest BCUT2D eigenvalue weighted by Crippen LogP contribution is -2.60. The number of phosphoric ester groups is 1. The molecule has 0 radical (unpaired) electrons. The number of aromatic amines is 1. The van der Waals surface area contributed by atoms with Gasteiger partial charge in [0.2, 0.25) is 24.1 Å². The zero-order valence-corrected chi connectivity index (χ0v) is 29.3. The number of aliphatic hydroxyl groups is 4. The van der Waals surface area contributed by atoms with Crippen molar-refractivity contribution in [2.45, 2.75) is 75.3 Å². The van der Waals surface area contributed by atoms with Gasteiger partial charge < -0.3 is 75.0 Å². The summed E-state index contributed by atoms with van der Waals surface area (Å²) in [6.07, 6.45) is -6.58. The molecule has 0 unspecified atom stereocenters. The third kappa shape index (κ3) is 11.9. The van der Waals surface area contributed by atoms with Gasteiger partial charge in [0.05, 0.1) is 39.4 Å². The zero-order chi connectivity index (χ0) is 38.7. The highest BCUT2D eigenvalue weighted by Gasteiger charge is 2.47. The normalized spacial score (nSPS) is 26.9. The number of anilines is 1. The summed E-state index contributed by atoms with van der Waals surface area (Å²) in [6, 6.07) is -1.09. The van der Waals surface area contributed by atoms with Crippen molar-refractivity contribution in [3.63, 3.8) is 0 Å². The van der Waals surface area contributed by atoms with Crippen LogP contribution in [0.3, 0.4) is 0 Å². The Morgan fingerprint density at radius 2 is 1.87 bits per heavy atom. The number of aromatic nitrogens is 4. The fourth-order valence-corrected chi connectivity index (χ4v) is 5.68. The van der Waals surface area contributed by atoms with Crippen LogP contribution in [-0.4, -0.2) is 151 Å². The van der Waals surface area contributed by atoms with E-state index in [9.17, 15) is 39.4 Å². The summed E-state index contributed by atoms with van der Waals surface area (Å²) in [6.45, 7) is 0.792. The number of carbonyl (C=O) groups is 2. The number of carbonyl (C=O) groups excluding carboxylic acids is 2. The molecule has 4 heterocycles. The largest absolute Gasteiger partial charge is 0.512 e. The molecule has 2 aliphatic rings. The molecule has 2 aromatic rings. The number of phosphoric acid groups is 1. The van der Waals surface area contributed by atoms with Gasteiger partial charge in [-0.25, -0.2) is 9.55 Å². The number of H-pyrrole nitrogens is 1. The quantitative estimate of drug-likeness (QED) is 0.0273. The molecule has 4 rings (SSSR count). The molecule has 53 heavy (non-hydrogen) atoms. The van der Waals surface area contributed by atoms with Crippen LogP contribution in [0.5, 0.6) is 0 Å². The average Bonchev–Trinajstić information content (AvgIpc) is 3.65. The number of nitrogens with zero attached hydrogens (tertiary/aromatic N) is 3. The number of nitrogen functional groups attached to an aromatic ring is 1. The third-order valence-corrected chi connectivity index (χ3v) is 8.32. The molecule has 24 nitrogen and oxygen atoms in total. The van der Waals surface area contributed by atoms with Gasteiger partial charge in [-0.15, -0.1) is 0 Å². The van der Waals surface area contributed by atoms with Gasteiger partial charge in [-0.1, -0.05) is 0 Å². The lowest BCUT2D eigenvalue weighted by atomic mass is 10.0. The summed E-state index contributed by atoms with van der Waals surface area (Å²) in [5.74, 6) is -1.25. The van der Waals surface area contributed by atoms with Crippen LogP contribution in [0.1, 0.15) is 32.4 Å². The first kappa shape index (κ1) is 42.0. The summed E-state index contributed by atoms with van der Waals surface area (Å²) in [5.41, 5.74) is 4.97. The lowest BCUT2D eigenvalue weighted by molar-refractivity contribution is -0.206. The van der Waals surface area contributed by atoms with Gasteiger partial charge in [0.1, 0.15) is 49.6 Å². The standard InChI is InChI=1S/C28H44N7O17P/c1-14(37)32-18-22(41)20(39)15(10-36)52-27(18)48-6-3-2-4-17(38)30-5-7-46-8-9-47-13-49-23-21(40)16(11-50-53(43,44)45)51-26(23)35-12-31-19-24(35)33-28(29)34-25(19)42/h10,12,16,18,20-23,26-27,36,39-41H,2-9,11,13H2,1H3,(H,30,38)(H,32,37)(H2,43,44,45)(H3,29,33,34,42)/b15-10+/t16-,18-,20+,21-,22-,23-,26-,27-/m1/s1. The van der Waals surface area contributed by atoms with Gasteiger partial charge in [-0.2, -0.15) is 4.98 Å². The van der Waals surface area contributed by atoms with Crippen molar-refractivity contribution in [3.05, 3.63) is 28.7 Å². The molecule has 2 saturated heterocycles. The van der Waals surface area contributed by atoms with Crippen molar-refractivity contribution in [3.8, 4) is 0 Å². The first-order valence-corrected chi connectivity index (χ1v) is 17.8. The molecule has 0 saturated carbocycles. The number of unbranched alkanes of at least 4 members (excludes halogenated alkanes) is 1. The van der Waals surface area contributed by atoms with E-state index in [0.29, 0.717) is 19.1 Å². The highest BCUT2D eigenvalue weighted by Crippen LogP contribution is 2.39. The molecule has 298 valence electrons. The Morgan fingerprint density at radius 1 is 1.11 bits per heavy atom. The van der Waals surface area contributed by atoms with E-state index in [1.165, 1.54) is 17.8 Å². The van der Waals surface area contributed by atoms with Crippen molar-refractivity contribution in [1.82, 2.24) is 30.2 Å². The predicted molar refractivity (Wildman–Crippen MR) is 175 cm³/mol. The predicted octanol–water partition coefficient (Wildman–Crippen LogP) is -3.27. The second-order valence-corrected chi connectivity index (χ2v) is 13.0. The van der Waals surface area contributed by atoms with E-state index in [1.807, 2.05) is 0 Å². The Labute approximate surface area is 300 Å². The molecule has 8 atom stereocenters. The SMILES string of the molecule is CC(=O)N[C@H]1[C@H](OCCCCC(=O)NCCOCCOCO[C@@H]2[C@H](O)[C@@H](COP(=O)(O)O)O[C@H]2n2cnc3c(=O)[nH]c(N)nc32)O/C(=C/O)[C@H](O)[C@@H]1O. The second-order valence-electron chi connectivity index (χ2n) is 11.7. The van der Waals surface area contributed by atoms with E-state index < -0.39 is 75.0 Å². The molecule has 0 bridgehead atoms. The molecule has 0 aromatic carbocycles. The second kappa shape index (κ2) is 19.5. The van der Waals surface area contributed by atoms with Gasteiger partial charge in [0.15, 0.2) is 23.2 Å². The summed E-state index contributed by atoms with van der Waals surface area (Å²) in [4.78, 5) is 64.4. The Hall–Kier alpha value is -3.78. The number of fused-ring (bicyclic) bond motifs is 1. The minimum Gasteiger partial charge on any atom is -0.512 e. The lowest BCUT2D eigenvalue weighted by Gasteiger charge is -2.39. The molecule has 2 amide bonds. The van der Waals surface area contributed by atoms with Gasteiger partial charge in [-0.3, -0.25) is 28.5 Å². The van der Waals surface area contributed by atoms with Gasteiger partial charge in [0.25, 0.3) is 5.56 Å². The van der Waals surface area contributed by atoms with E-state index in [4.69, 9.17) is 43.9 Å². The first-order valence-electron chi connectivity index (χ1n) is 16.3. The molecule has 25 heteroatoms. The number of nitrogens with one attached hydrogen (secondary N) is 3. The van der Waals surface area contributed by atoms with Crippen LogP contribution < -0.4 is 21.9 Å². The van der Waals surface area contributed by atoms with Crippen molar-refractivity contribution in [2.75, 3.05) is 52.1 Å². The van der Waals surface area contributed by atoms with Crippen molar-refractivity contribution in [2.24, 2.45) is 0 Å². The van der Waals surface area contributed by atoms with Gasteiger partial charge >= 0.3 is 7.82 Å². The van der Waals surface area contributed by atoms with Crippen LogP contribution in [-0.2, 0) is 47.1 Å². The Bertz CT molecular complexity index is 1650. The molecule has 11 N–H and O–H groups in total. The zero-order valence-electron chi connectivity index (χ0n) is 28.4. The van der Waals surface area contributed by atoms with E-state index in [0.717, 1.165) is 0 Å². The monoisotopic (exact) mass is 781 g/mol. The van der Waals surface area contributed by atoms with Crippen LogP contribution in [0.2, 0.25) is 0 Å². The van der Waals surface area contributed by atoms with E-state index in [2.05, 4.69) is 30.1 Å². The molecule has 0 aliphatic carbocycles. The number of imidazole rings is 1. The maximum Gasteiger partial charge on any atom is 0.469 e. The van der Waals surface area contributed by atoms with Crippen LogP contribution >= 0.6 is 7.82 Å². The molecule has 2 aliphatic heterocycles. The van der Waals surface area contributed by atoms with Crippen LogP contribution in [0, 0.1) is 0 Å². The van der Waals surface area contributed by atoms with Crippen LogP contribution in [0.4, 0.5) is 5.95 Å². The first-order chi connectivity index (χ1) is 25.2. The van der Waals surface area contributed by atoms with Crippen molar-refractivity contribution >= 4 is 36.7 Å². The molecule has 2 aromatic heterocycles. The minimum atomic E-state index is -4.89. The number of hydrogen-bond acceptors (Lipinski definition) is 18. The average molecular weight is 782 g/mol. The maximum absolute atomic E-state index is 12.2. The van der Waals surface area contributed by atoms with E-state index >= 15 is 0 Å². The number of nitrogens with two attached hydrogens (primary N) is 1. The Morgan fingerprint density at radius 3 is 2.58 bits per heavy atom. The molecular formula is C28H44N7O17P. The summed E-state index contributed by atoms with van der Waals surface area (Å²) >= 11 is 0. The number of amides is 2. The Kier molecular flexibility index (Phi) is 15.5. The highest BCUT2D eigenvalue weighted by atomic mass is 31.2. The number of ether oxygens (including phenoxy) is 6. The van der Waals surface area contributed by atoms with Crippen LogP contribution in [0.15, 0.2) is 23.1 Å². The van der Waals surface area contributed by atoms with Gasteiger partial charge in [-0.05, 0) is 12.8 Å². The smallest absolute Gasteiger partial charge is 0.469 e. The number of aliphatic hydroxyl groups excluding tert-OH is 4. The topological polar surface area (TPSA) is 351 Å². The maximum atomic E-state index is 12.2. The van der Waals surface area contributed by atoms with E-state index in [1.54, 1.807) is 0 Å². The summed E-state index contributed by atoms with van der Waals surface area (Å²) < 4.78 is 50.3. The van der Waals surface area contributed by atoms with Crippen molar-refractivity contribution in [1.29, 1.82) is 0 Å². The minimum absolute atomic E-state index is 0.00582. The number of hydrogen-bond donors (Lipinski definition) is 10. The fraction of sp³-hybridized carbons (Fsp3) is 0.679. The summed E-state index contributed by atoms with van der Waals surface area (Å²) in [5, 5.41) is 45.5. The summed E-state index contributed by atoms with van der Waals surface area (Å²) in [7, 11) is -4.89. The Balaban J connectivity index is 1.11. The van der Waals surface area contributed by atoms with Gasteiger partial charge in [0, 0.05) is 19.9 Å². The van der Waals surface area contributed by atoms with Crippen molar-refractivity contribution < 1.29 is 77.3 Å². The molecule has 2 fully saturated rings. The van der Waals surface area contributed by atoms with Crippen LogP contribution in [0.25, 0.3) is 11.2 Å².